The standard InChI is InChI=1S/C24H19Cl2F4N3O/c25-18-6-9-22(21(26)11-18)33(20-7-4-17(5-8-20)24(28,29)30)23(34)16-12-31-32(14-16)13-15-2-1-3-19(27)10-15/h1-11,16,31H,12-14H2. The van der Waals surface area contributed by atoms with Gasteiger partial charge in [-0.05, 0) is 60.2 Å². The van der Waals surface area contributed by atoms with Gasteiger partial charge in [0, 0.05) is 30.3 Å². The fourth-order valence-corrected chi connectivity index (χ4v) is 4.30. The van der Waals surface area contributed by atoms with Gasteiger partial charge in [-0.25, -0.2) is 9.40 Å². The van der Waals surface area contributed by atoms with Crippen molar-refractivity contribution >= 4 is 40.5 Å². The maximum absolute atomic E-state index is 13.6. The molecule has 0 aromatic heterocycles. The summed E-state index contributed by atoms with van der Waals surface area (Å²) in [6, 6.07) is 15.0. The summed E-state index contributed by atoms with van der Waals surface area (Å²) in [5, 5.41) is 2.34. The first-order valence-corrected chi connectivity index (χ1v) is 11.1. The number of hydrogen-bond acceptors (Lipinski definition) is 3. The molecule has 4 rings (SSSR count). The fraction of sp³-hybridized carbons (Fsp3) is 0.208. The van der Waals surface area contributed by atoms with E-state index < -0.39 is 17.7 Å². The molecule has 1 unspecified atom stereocenters. The number of halogens is 6. The Morgan fingerprint density at radius 3 is 2.44 bits per heavy atom. The normalized spacial score (nSPS) is 16.6. The Morgan fingerprint density at radius 2 is 1.79 bits per heavy atom. The molecule has 0 radical (unpaired) electrons. The monoisotopic (exact) mass is 511 g/mol. The van der Waals surface area contributed by atoms with E-state index in [1.165, 1.54) is 35.2 Å². The Bertz CT molecular complexity index is 1190. The van der Waals surface area contributed by atoms with Crippen molar-refractivity contribution in [1.82, 2.24) is 10.4 Å². The molecule has 1 aliphatic rings. The van der Waals surface area contributed by atoms with Gasteiger partial charge >= 0.3 is 6.18 Å². The number of hydrazine groups is 1. The number of amides is 1. The SMILES string of the molecule is O=C(C1CNN(Cc2cccc(F)c2)C1)N(c1ccc(C(F)(F)F)cc1)c1ccc(Cl)cc1Cl. The highest BCUT2D eigenvalue weighted by Gasteiger charge is 2.35. The Morgan fingerprint density at radius 1 is 1.06 bits per heavy atom. The first kappa shape index (κ1) is 24.5. The minimum absolute atomic E-state index is 0.184. The van der Waals surface area contributed by atoms with E-state index >= 15 is 0 Å². The van der Waals surface area contributed by atoms with Crippen LogP contribution in [0.5, 0.6) is 0 Å². The number of alkyl halides is 3. The van der Waals surface area contributed by atoms with Gasteiger partial charge in [0.15, 0.2) is 0 Å². The summed E-state index contributed by atoms with van der Waals surface area (Å²) < 4.78 is 52.7. The molecule has 0 spiro atoms. The molecule has 1 N–H and O–H groups in total. The lowest BCUT2D eigenvalue weighted by Crippen LogP contribution is -2.35. The summed E-state index contributed by atoms with van der Waals surface area (Å²) in [5.74, 6) is -1.23. The third kappa shape index (κ3) is 5.52. The summed E-state index contributed by atoms with van der Waals surface area (Å²) in [5.41, 5.74) is 3.59. The number of nitrogens with zero attached hydrogens (tertiary/aromatic N) is 2. The van der Waals surface area contributed by atoms with Crippen LogP contribution in [0.1, 0.15) is 11.1 Å². The Balaban J connectivity index is 1.60. The van der Waals surface area contributed by atoms with Crippen molar-refractivity contribution in [3.05, 3.63) is 93.7 Å². The number of benzene rings is 3. The maximum Gasteiger partial charge on any atom is 0.416 e. The molecule has 3 aromatic carbocycles. The predicted molar refractivity (Wildman–Crippen MR) is 123 cm³/mol. The molecule has 1 fully saturated rings. The minimum atomic E-state index is -4.50. The molecule has 4 nitrogen and oxygen atoms in total. The van der Waals surface area contributed by atoms with Crippen LogP contribution in [0.4, 0.5) is 28.9 Å². The van der Waals surface area contributed by atoms with E-state index in [-0.39, 0.29) is 22.4 Å². The van der Waals surface area contributed by atoms with Crippen molar-refractivity contribution in [2.45, 2.75) is 12.7 Å². The van der Waals surface area contributed by atoms with Gasteiger partial charge in [0.2, 0.25) is 5.91 Å². The molecule has 178 valence electrons. The molecule has 1 atom stereocenters. The van der Waals surface area contributed by atoms with Crippen molar-refractivity contribution in [1.29, 1.82) is 0 Å². The zero-order chi connectivity index (χ0) is 24.5. The van der Waals surface area contributed by atoms with Crippen molar-refractivity contribution in [2.75, 3.05) is 18.0 Å². The Kier molecular flexibility index (Phi) is 7.14. The van der Waals surface area contributed by atoms with Gasteiger partial charge in [-0.15, -0.1) is 0 Å². The summed E-state index contributed by atoms with van der Waals surface area (Å²) in [7, 11) is 0. The second-order valence-corrected chi connectivity index (χ2v) is 8.73. The largest absolute Gasteiger partial charge is 0.416 e. The number of carbonyl (C=O) groups is 1. The zero-order valence-corrected chi connectivity index (χ0v) is 19.1. The van der Waals surface area contributed by atoms with Gasteiger partial charge in [-0.1, -0.05) is 35.3 Å². The quantitative estimate of drug-likeness (QED) is 0.399. The van der Waals surface area contributed by atoms with Crippen LogP contribution >= 0.6 is 23.2 Å². The Labute approximate surface area is 203 Å². The van der Waals surface area contributed by atoms with E-state index in [1.807, 2.05) is 0 Å². The minimum Gasteiger partial charge on any atom is -0.279 e. The Hall–Kier alpha value is -2.65. The summed E-state index contributed by atoms with van der Waals surface area (Å²) in [6.45, 7) is 0.998. The van der Waals surface area contributed by atoms with Crippen LogP contribution in [0.2, 0.25) is 10.0 Å². The van der Waals surface area contributed by atoms with Crippen LogP contribution in [0.3, 0.4) is 0 Å². The highest BCUT2D eigenvalue weighted by atomic mass is 35.5. The third-order valence-electron chi connectivity index (χ3n) is 5.44. The molecule has 3 aromatic rings. The maximum atomic E-state index is 13.6. The molecular weight excluding hydrogens is 493 g/mol. The van der Waals surface area contributed by atoms with Gasteiger partial charge < -0.3 is 0 Å². The molecule has 1 amide bonds. The average Bonchev–Trinajstić information content (AvgIpc) is 3.23. The summed E-state index contributed by atoms with van der Waals surface area (Å²) >= 11 is 12.4. The lowest BCUT2D eigenvalue weighted by molar-refractivity contribution is -0.137. The zero-order valence-electron chi connectivity index (χ0n) is 17.6. The van der Waals surface area contributed by atoms with Crippen LogP contribution in [-0.2, 0) is 17.5 Å². The van der Waals surface area contributed by atoms with E-state index in [2.05, 4.69) is 5.43 Å². The lowest BCUT2D eigenvalue weighted by Gasteiger charge is -2.27. The van der Waals surface area contributed by atoms with Crippen LogP contribution in [-0.4, -0.2) is 24.0 Å². The second kappa shape index (κ2) is 9.92. The van der Waals surface area contributed by atoms with Gasteiger partial charge in [-0.2, -0.15) is 13.2 Å². The first-order valence-electron chi connectivity index (χ1n) is 10.3. The first-order chi connectivity index (χ1) is 16.1. The van der Waals surface area contributed by atoms with Gasteiger partial charge in [-0.3, -0.25) is 15.1 Å². The van der Waals surface area contributed by atoms with E-state index in [1.54, 1.807) is 29.3 Å². The van der Waals surface area contributed by atoms with E-state index in [9.17, 15) is 22.4 Å². The van der Waals surface area contributed by atoms with Crippen molar-refractivity contribution in [2.24, 2.45) is 5.92 Å². The molecule has 0 aliphatic carbocycles. The second-order valence-electron chi connectivity index (χ2n) is 7.88. The van der Waals surface area contributed by atoms with Crippen LogP contribution in [0.25, 0.3) is 0 Å². The third-order valence-corrected chi connectivity index (χ3v) is 5.98. The molecule has 34 heavy (non-hydrogen) atoms. The van der Waals surface area contributed by atoms with Crippen molar-refractivity contribution in [3.8, 4) is 0 Å². The number of rotatable bonds is 5. The molecule has 1 aliphatic heterocycles. The molecular formula is C24H19Cl2F4N3O. The molecule has 1 heterocycles. The topological polar surface area (TPSA) is 35.6 Å². The molecule has 0 saturated carbocycles. The number of hydrogen-bond donors (Lipinski definition) is 1. The van der Waals surface area contributed by atoms with Crippen LogP contribution < -0.4 is 10.3 Å². The summed E-state index contributed by atoms with van der Waals surface area (Å²) in [6.07, 6.45) is -4.50. The van der Waals surface area contributed by atoms with Crippen LogP contribution in [0.15, 0.2) is 66.7 Å². The average molecular weight is 512 g/mol. The smallest absolute Gasteiger partial charge is 0.279 e. The molecule has 1 saturated heterocycles. The van der Waals surface area contributed by atoms with Gasteiger partial charge in [0.1, 0.15) is 5.82 Å². The number of carbonyl (C=O) groups excluding carboxylic acids is 1. The summed E-state index contributed by atoms with van der Waals surface area (Å²) in [4.78, 5) is 14.9. The number of nitrogens with one attached hydrogen (secondary N) is 1. The van der Waals surface area contributed by atoms with Gasteiger partial charge in [0.05, 0.1) is 22.2 Å². The van der Waals surface area contributed by atoms with Crippen molar-refractivity contribution in [3.63, 3.8) is 0 Å². The predicted octanol–water partition coefficient (Wildman–Crippen LogP) is 6.45. The molecule has 10 heteroatoms. The lowest BCUT2D eigenvalue weighted by atomic mass is 10.1. The highest BCUT2D eigenvalue weighted by Crippen LogP contribution is 2.37. The number of anilines is 2. The van der Waals surface area contributed by atoms with Gasteiger partial charge in [0.25, 0.3) is 0 Å². The highest BCUT2D eigenvalue weighted by molar-refractivity contribution is 6.37. The molecule has 0 bridgehead atoms. The van der Waals surface area contributed by atoms with E-state index in [0.717, 1.165) is 17.7 Å². The fourth-order valence-electron chi connectivity index (χ4n) is 3.81. The van der Waals surface area contributed by atoms with E-state index in [0.29, 0.717) is 30.3 Å². The van der Waals surface area contributed by atoms with Crippen LogP contribution in [0, 0.1) is 11.7 Å². The van der Waals surface area contributed by atoms with E-state index in [4.69, 9.17) is 23.2 Å². The van der Waals surface area contributed by atoms with Crippen molar-refractivity contribution < 1.29 is 22.4 Å².